The molecule has 0 radical (unpaired) electrons. The van der Waals surface area contributed by atoms with Gasteiger partial charge in [0, 0.05) is 30.1 Å². The minimum Gasteiger partial charge on any atom is -0.329 e. The Balaban J connectivity index is 1.78. The van der Waals surface area contributed by atoms with Crippen LogP contribution in [-0.4, -0.2) is 24.5 Å². The second kappa shape index (κ2) is 6.73. The first-order chi connectivity index (χ1) is 10.3. The van der Waals surface area contributed by atoms with Gasteiger partial charge in [0.2, 0.25) is 0 Å². The third kappa shape index (κ3) is 3.37. The van der Waals surface area contributed by atoms with Crippen molar-refractivity contribution < 1.29 is 0 Å². The van der Waals surface area contributed by atoms with Crippen LogP contribution in [0.1, 0.15) is 22.7 Å². The van der Waals surface area contributed by atoms with E-state index in [0.717, 1.165) is 30.4 Å². The van der Waals surface area contributed by atoms with E-state index < -0.39 is 0 Å². The molecular weight excluding hydrogens is 324 g/mol. The molecule has 0 saturated carbocycles. The van der Waals surface area contributed by atoms with Crippen molar-refractivity contribution in [2.24, 2.45) is 5.73 Å². The lowest BCUT2D eigenvalue weighted by molar-refractivity contribution is 0.211. The highest BCUT2D eigenvalue weighted by atomic mass is 79.9. The van der Waals surface area contributed by atoms with E-state index in [0.29, 0.717) is 12.6 Å². The smallest absolute Gasteiger partial charge is 0.0470 e. The van der Waals surface area contributed by atoms with Gasteiger partial charge in [-0.15, -0.1) is 0 Å². The first kappa shape index (κ1) is 14.8. The number of hydrogen-bond donors (Lipinski definition) is 1. The number of benzene rings is 2. The molecular formula is C18H21BrN2. The predicted molar refractivity (Wildman–Crippen MR) is 91.4 cm³/mol. The lowest BCUT2D eigenvalue weighted by Gasteiger charge is -2.30. The zero-order chi connectivity index (χ0) is 14.7. The topological polar surface area (TPSA) is 29.3 Å². The average Bonchev–Trinajstić information content (AvgIpc) is 2.73. The van der Waals surface area contributed by atoms with Crippen molar-refractivity contribution in [1.82, 2.24) is 4.90 Å². The van der Waals surface area contributed by atoms with E-state index in [1.165, 1.54) is 16.7 Å². The second-order valence-corrected chi connectivity index (χ2v) is 6.52. The van der Waals surface area contributed by atoms with Crippen LogP contribution in [0.2, 0.25) is 0 Å². The van der Waals surface area contributed by atoms with E-state index in [1.54, 1.807) is 0 Å². The van der Waals surface area contributed by atoms with Gasteiger partial charge in [0.1, 0.15) is 0 Å². The van der Waals surface area contributed by atoms with E-state index >= 15 is 0 Å². The van der Waals surface area contributed by atoms with Crippen LogP contribution in [0.25, 0.3) is 0 Å². The van der Waals surface area contributed by atoms with Gasteiger partial charge < -0.3 is 5.73 Å². The monoisotopic (exact) mass is 344 g/mol. The highest BCUT2D eigenvalue weighted by Crippen LogP contribution is 2.25. The summed E-state index contributed by atoms with van der Waals surface area (Å²) >= 11 is 3.50. The number of nitrogens with two attached hydrogens (primary N) is 1. The lowest BCUT2D eigenvalue weighted by atomic mass is 10.0. The largest absolute Gasteiger partial charge is 0.329 e. The standard InChI is InChI=1S/C18H21BrN2/c19-17-7-5-16(6-8-17)18(13-20)21-11-9-14-3-1-2-4-15(14)10-12-21/h1-8,18H,9-13,20H2. The molecule has 0 spiro atoms. The molecule has 2 aromatic rings. The van der Waals surface area contributed by atoms with Crippen molar-refractivity contribution in [3.8, 4) is 0 Å². The first-order valence-electron chi connectivity index (χ1n) is 7.54. The Morgan fingerprint density at radius 3 is 2.05 bits per heavy atom. The Kier molecular flexibility index (Phi) is 4.73. The Hall–Kier alpha value is -1.16. The van der Waals surface area contributed by atoms with Crippen molar-refractivity contribution in [3.63, 3.8) is 0 Å². The summed E-state index contributed by atoms with van der Waals surface area (Å²) in [5.41, 5.74) is 10.4. The van der Waals surface area contributed by atoms with Crippen LogP contribution in [0.3, 0.4) is 0 Å². The summed E-state index contributed by atoms with van der Waals surface area (Å²) in [5, 5.41) is 0. The summed E-state index contributed by atoms with van der Waals surface area (Å²) < 4.78 is 1.12. The molecule has 0 aliphatic carbocycles. The Labute approximate surface area is 135 Å². The molecule has 2 N–H and O–H groups in total. The van der Waals surface area contributed by atoms with Gasteiger partial charge in [-0.2, -0.15) is 0 Å². The van der Waals surface area contributed by atoms with E-state index in [-0.39, 0.29) is 0 Å². The molecule has 0 bridgehead atoms. The summed E-state index contributed by atoms with van der Waals surface area (Å²) in [7, 11) is 0. The fourth-order valence-corrected chi connectivity index (χ4v) is 3.44. The maximum atomic E-state index is 6.08. The molecule has 110 valence electrons. The molecule has 1 atom stereocenters. The van der Waals surface area contributed by atoms with E-state index in [9.17, 15) is 0 Å². The van der Waals surface area contributed by atoms with Crippen molar-refractivity contribution >= 4 is 15.9 Å². The first-order valence-corrected chi connectivity index (χ1v) is 8.33. The van der Waals surface area contributed by atoms with Crippen LogP contribution in [-0.2, 0) is 12.8 Å². The van der Waals surface area contributed by atoms with E-state index in [1.807, 2.05) is 0 Å². The van der Waals surface area contributed by atoms with E-state index in [2.05, 4.69) is 69.4 Å². The van der Waals surface area contributed by atoms with Crippen molar-refractivity contribution in [1.29, 1.82) is 0 Å². The second-order valence-electron chi connectivity index (χ2n) is 5.61. The molecule has 2 aromatic carbocycles. The molecule has 0 amide bonds. The van der Waals surface area contributed by atoms with Crippen molar-refractivity contribution in [3.05, 3.63) is 69.7 Å². The predicted octanol–water partition coefficient (Wildman–Crippen LogP) is 3.55. The molecule has 21 heavy (non-hydrogen) atoms. The number of hydrogen-bond acceptors (Lipinski definition) is 2. The summed E-state index contributed by atoms with van der Waals surface area (Å²) in [6.45, 7) is 2.82. The quantitative estimate of drug-likeness (QED) is 0.922. The lowest BCUT2D eigenvalue weighted by Crippen LogP contribution is -2.35. The Morgan fingerprint density at radius 2 is 1.52 bits per heavy atom. The van der Waals surface area contributed by atoms with Crippen LogP contribution >= 0.6 is 15.9 Å². The molecule has 1 unspecified atom stereocenters. The number of fused-ring (bicyclic) bond motifs is 1. The van der Waals surface area contributed by atoms with Gasteiger partial charge in [-0.1, -0.05) is 52.3 Å². The van der Waals surface area contributed by atoms with Crippen LogP contribution in [0, 0.1) is 0 Å². The highest BCUT2D eigenvalue weighted by molar-refractivity contribution is 9.10. The van der Waals surface area contributed by atoms with Crippen LogP contribution in [0.4, 0.5) is 0 Å². The van der Waals surface area contributed by atoms with Gasteiger partial charge in [-0.25, -0.2) is 0 Å². The minimum atomic E-state index is 0.312. The molecule has 3 heteroatoms. The SMILES string of the molecule is NCC(c1ccc(Br)cc1)N1CCc2ccccc2CC1. The summed E-state index contributed by atoms with van der Waals surface area (Å²) in [5.74, 6) is 0. The molecule has 2 nitrogen and oxygen atoms in total. The summed E-state index contributed by atoms with van der Waals surface area (Å²) in [4.78, 5) is 2.53. The van der Waals surface area contributed by atoms with Gasteiger partial charge in [0.25, 0.3) is 0 Å². The van der Waals surface area contributed by atoms with Gasteiger partial charge in [-0.3, -0.25) is 4.90 Å². The van der Waals surface area contributed by atoms with Crippen LogP contribution < -0.4 is 5.73 Å². The van der Waals surface area contributed by atoms with Crippen LogP contribution in [0.15, 0.2) is 53.0 Å². The number of nitrogens with zero attached hydrogens (tertiary/aromatic N) is 1. The maximum absolute atomic E-state index is 6.08. The number of halogens is 1. The van der Waals surface area contributed by atoms with E-state index in [4.69, 9.17) is 5.73 Å². The zero-order valence-electron chi connectivity index (χ0n) is 12.1. The normalized spacial score (nSPS) is 17.0. The molecule has 1 aliphatic heterocycles. The molecule has 1 heterocycles. The highest BCUT2D eigenvalue weighted by Gasteiger charge is 2.21. The Bertz CT molecular complexity index is 567. The maximum Gasteiger partial charge on any atom is 0.0470 e. The third-order valence-electron chi connectivity index (χ3n) is 4.37. The molecule has 0 fully saturated rings. The zero-order valence-corrected chi connectivity index (χ0v) is 13.7. The third-order valence-corrected chi connectivity index (χ3v) is 4.90. The minimum absolute atomic E-state index is 0.312. The Morgan fingerprint density at radius 1 is 0.952 bits per heavy atom. The molecule has 0 aromatic heterocycles. The molecule has 0 saturated heterocycles. The summed E-state index contributed by atoms with van der Waals surface area (Å²) in [6.07, 6.45) is 2.23. The van der Waals surface area contributed by atoms with Gasteiger partial charge in [-0.05, 0) is 41.7 Å². The fraction of sp³-hybridized carbons (Fsp3) is 0.333. The molecule has 3 rings (SSSR count). The van der Waals surface area contributed by atoms with Gasteiger partial charge >= 0.3 is 0 Å². The van der Waals surface area contributed by atoms with Gasteiger partial charge in [0.05, 0.1) is 0 Å². The fourth-order valence-electron chi connectivity index (χ4n) is 3.18. The van der Waals surface area contributed by atoms with Crippen molar-refractivity contribution in [2.75, 3.05) is 19.6 Å². The summed E-state index contributed by atoms with van der Waals surface area (Å²) in [6, 6.07) is 17.7. The van der Waals surface area contributed by atoms with Gasteiger partial charge in [0.15, 0.2) is 0 Å². The van der Waals surface area contributed by atoms with Crippen molar-refractivity contribution in [2.45, 2.75) is 18.9 Å². The number of rotatable bonds is 3. The van der Waals surface area contributed by atoms with Crippen LogP contribution in [0.5, 0.6) is 0 Å². The average molecular weight is 345 g/mol. The molecule has 1 aliphatic rings.